The SMILES string of the molecule is [Fe].[Fe].[Mn].[W]. The van der Waals surface area contributed by atoms with E-state index in [0.717, 1.165) is 0 Å². The topological polar surface area (TPSA) is 0 Å². The molecule has 4 heavy (non-hydrogen) atoms. The fourth-order valence-electron chi connectivity index (χ4n) is 0. The molecule has 0 saturated carbocycles. The minimum absolute atomic E-state index is 0. The van der Waals surface area contributed by atoms with E-state index in [0.29, 0.717) is 0 Å². The van der Waals surface area contributed by atoms with E-state index in [2.05, 4.69) is 0 Å². The van der Waals surface area contributed by atoms with E-state index in [1.54, 1.807) is 0 Å². The van der Waals surface area contributed by atoms with Gasteiger partial charge in [0.2, 0.25) is 0 Å². The molecule has 0 aliphatic heterocycles. The molecule has 0 saturated heterocycles. The van der Waals surface area contributed by atoms with Crippen LogP contribution in [0.15, 0.2) is 0 Å². The van der Waals surface area contributed by atoms with Crippen LogP contribution in [0, 0.1) is 0 Å². The first-order valence-electron chi connectivity index (χ1n) is 0. The fourth-order valence-corrected chi connectivity index (χ4v) is 0. The Labute approximate surface area is 71.5 Å². The summed E-state index contributed by atoms with van der Waals surface area (Å²) >= 11 is 0. The van der Waals surface area contributed by atoms with Crippen molar-refractivity contribution in [2.24, 2.45) is 0 Å². The first-order valence-corrected chi connectivity index (χ1v) is 0. The molecule has 4 heteroatoms. The zero-order chi connectivity index (χ0) is 0. The van der Waals surface area contributed by atoms with Gasteiger partial charge in [0, 0.05) is 72.3 Å². The standard InChI is InChI=1S/2Fe.Mn.W. The summed E-state index contributed by atoms with van der Waals surface area (Å²) in [5, 5.41) is 0. The number of rotatable bonds is 0. The summed E-state index contributed by atoms with van der Waals surface area (Å²) in [5.74, 6) is 0. The van der Waals surface area contributed by atoms with E-state index in [4.69, 9.17) is 0 Å². The summed E-state index contributed by atoms with van der Waals surface area (Å²) in [5.41, 5.74) is 0. The Morgan fingerprint density at radius 3 is 0.750 bits per heavy atom. The van der Waals surface area contributed by atoms with E-state index >= 15 is 0 Å². The van der Waals surface area contributed by atoms with Gasteiger partial charge in [-0.3, -0.25) is 0 Å². The normalized spacial score (nSPS) is 0. The maximum absolute atomic E-state index is 0. The van der Waals surface area contributed by atoms with Crippen LogP contribution in [-0.2, 0) is 72.3 Å². The molecule has 0 aromatic rings. The van der Waals surface area contributed by atoms with E-state index in [-0.39, 0.29) is 72.3 Å². The molecule has 0 aromatic heterocycles. The molecule has 0 fully saturated rings. The quantitative estimate of drug-likeness (QED) is 0.539. The monoisotopic (exact) mass is 351 g/mol. The predicted molar refractivity (Wildman–Crippen MR) is 0 cm³/mol. The van der Waals surface area contributed by atoms with Crippen molar-refractivity contribution in [3.63, 3.8) is 0 Å². The fraction of sp³-hybridized carbons (Fsp3) is 0. The maximum atomic E-state index is 0. The van der Waals surface area contributed by atoms with Gasteiger partial charge in [-0.05, 0) is 0 Å². The van der Waals surface area contributed by atoms with Gasteiger partial charge in [0.25, 0.3) is 0 Å². The van der Waals surface area contributed by atoms with Crippen molar-refractivity contribution in [2.75, 3.05) is 0 Å². The predicted octanol–water partition coefficient (Wildman–Crippen LogP) is -0.0100. The second-order valence-corrected chi connectivity index (χ2v) is 0. The molecule has 0 unspecified atom stereocenters. The summed E-state index contributed by atoms with van der Waals surface area (Å²) in [7, 11) is 0. The molecule has 0 rings (SSSR count). The maximum Gasteiger partial charge on any atom is 0 e. The average molecular weight is 350 g/mol. The van der Waals surface area contributed by atoms with Gasteiger partial charge >= 0.3 is 0 Å². The Morgan fingerprint density at radius 1 is 0.750 bits per heavy atom. The molecular formula is Fe2MnW. The van der Waals surface area contributed by atoms with Crippen LogP contribution in [0.4, 0.5) is 0 Å². The molecule has 0 spiro atoms. The second-order valence-electron chi connectivity index (χ2n) is 0. The van der Waals surface area contributed by atoms with Crippen LogP contribution in [0.2, 0.25) is 0 Å². The Balaban J connectivity index is 0. The van der Waals surface area contributed by atoms with Gasteiger partial charge in [0.1, 0.15) is 0 Å². The third kappa shape index (κ3) is 8.87. The van der Waals surface area contributed by atoms with Crippen LogP contribution >= 0.6 is 0 Å². The molecule has 0 nitrogen and oxygen atoms in total. The molecule has 0 bridgehead atoms. The molecule has 0 N–H and O–H groups in total. The summed E-state index contributed by atoms with van der Waals surface area (Å²) in [6.45, 7) is 0. The van der Waals surface area contributed by atoms with Gasteiger partial charge < -0.3 is 0 Å². The van der Waals surface area contributed by atoms with Crippen molar-refractivity contribution in [3.05, 3.63) is 0 Å². The molecule has 0 aliphatic carbocycles. The Kier molecular flexibility index (Phi) is 160. The Bertz CT molecular complexity index is 6.00. The zero-order valence-electron chi connectivity index (χ0n) is 1.49. The van der Waals surface area contributed by atoms with E-state index in [9.17, 15) is 0 Å². The molecule has 0 amide bonds. The van der Waals surface area contributed by atoms with Gasteiger partial charge in [-0.1, -0.05) is 0 Å². The summed E-state index contributed by atoms with van der Waals surface area (Å²) < 4.78 is 0. The van der Waals surface area contributed by atoms with Gasteiger partial charge in [0.15, 0.2) is 0 Å². The summed E-state index contributed by atoms with van der Waals surface area (Å²) in [6.07, 6.45) is 0. The molecule has 29 valence electrons. The van der Waals surface area contributed by atoms with Crippen LogP contribution in [-0.4, -0.2) is 0 Å². The van der Waals surface area contributed by atoms with E-state index in [1.165, 1.54) is 0 Å². The number of hydrogen-bond acceptors (Lipinski definition) is 0. The largest absolute Gasteiger partial charge is 0 e. The van der Waals surface area contributed by atoms with Gasteiger partial charge in [0.05, 0.1) is 0 Å². The Morgan fingerprint density at radius 2 is 0.750 bits per heavy atom. The first-order chi connectivity index (χ1) is 0. The van der Waals surface area contributed by atoms with Crippen LogP contribution in [0.3, 0.4) is 0 Å². The van der Waals surface area contributed by atoms with Crippen molar-refractivity contribution in [3.8, 4) is 0 Å². The van der Waals surface area contributed by atoms with Crippen LogP contribution in [0.1, 0.15) is 0 Å². The van der Waals surface area contributed by atoms with Gasteiger partial charge in [-0.15, -0.1) is 0 Å². The third-order valence-corrected chi connectivity index (χ3v) is 0. The molecule has 0 aliphatic rings. The third-order valence-electron chi connectivity index (χ3n) is 0. The molecule has 1 radical (unpaired) electrons. The van der Waals surface area contributed by atoms with Gasteiger partial charge in [-0.25, -0.2) is 0 Å². The van der Waals surface area contributed by atoms with Gasteiger partial charge in [-0.2, -0.15) is 0 Å². The molecule has 0 atom stereocenters. The molecular weight excluding hydrogens is 350 g/mol. The minimum atomic E-state index is 0. The van der Waals surface area contributed by atoms with Crippen molar-refractivity contribution < 1.29 is 72.3 Å². The second kappa shape index (κ2) is 18.7. The average Bonchev–Trinajstić information content (AvgIpc) is 0. The minimum Gasteiger partial charge on any atom is 0 e. The molecule has 0 heterocycles. The van der Waals surface area contributed by atoms with Crippen molar-refractivity contribution >= 4 is 0 Å². The van der Waals surface area contributed by atoms with Crippen molar-refractivity contribution in [1.29, 1.82) is 0 Å². The Hall–Kier alpha value is 2.25. The van der Waals surface area contributed by atoms with Crippen molar-refractivity contribution in [2.45, 2.75) is 0 Å². The first kappa shape index (κ1) is 34.1. The van der Waals surface area contributed by atoms with E-state index in [1.807, 2.05) is 0 Å². The van der Waals surface area contributed by atoms with Crippen LogP contribution in [0.25, 0.3) is 0 Å². The summed E-state index contributed by atoms with van der Waals surface area (Å²) in [6, 6.07) is 0. The number of hydrogen-bond donors (Lipinski definition) is 0. The van der Waals surface area contributed by atoms with Crippen LogP contribution < -0.4 is 0 Å². The van der Waals surface area contributed by atoms with E-state index < -0.39 is 0 Å². The van der Waals surface area contributed by atoms with Crippen molar-refractivity contribution in [1.82, 2.24) is 0 Å². The van der Waals surface area contributed by atoms with Crippen LogP contribution in [0.5, 0.6) is 0 Å². The smallest absolute Gasteiger partial charge is 0 e. The zero-order valence-corrected chi connectivity index (χ0v) is 7.82. The molecule has 0 aromatic carbocycles. The summed E-state index contributed by atoms with van der Waals surface area (Å²) in [4.78, 5) is 0.